The Balaban J connectivity index is 1.48. The summed E-state index contributed by atoms with van der Waals surface area (Å²) >= 11 is 1.84. The van der Waals surface area contributed by atoms with Gasteiger partial charge in [0.2, 0.25) is 10.3 Å². The van der Waals surface area contributed by atoms with Gasteiger partial charge in [0.05, 0.1) is 0 Å². The lowest BCUT2D eigenvalue weighted by atomic mass is 10.1. The van der Waals surface area contributed by atoms with Crippen molar-refractivity contribution >= 4 is 48.9 Å². The molecule has 152 valence electrons. The van der Waals surface area contributed by atoms with Gasteiger partial charge in [-0.25, -0.2) is 0 Å². The van der Waals surface area contributed by atoms with Crippen LogP contribution >= 0.6 is 22.7 Å². The van der Waals surface area contributed by atoms with Crippen LogP contribution in [0.15, 0.2) is 58.9 Å². The first-order valence-electron chi connectivity index (χ1n) is 8.54. The van der Waals surface area contributed by atoms with Crippen LogP contribution in [0.1, 0.15) is 15.9 Å². The second kappa shape index (κ2) is 8.26. The lowest BCUT2D eigenvalue weighted by molar-refractivity contribution is 0.102. The van der Waals surface area contributed by atoms with Crippen molar-refractivity contribution in [2.24, 2.45) is 0 Å². The second-order valence-electron chi connectivity index (χ2n) is 6.03. The quantitative estimate of drug-likeness (QED) is 0.424. The van der Waals surface area contributed by atoms with Crippen molar-refractivity contribution < 1.29 is 13.2 Å². The molecule has 9 nitrogen and oxygen atoms in total. The summed E-state index contributed by atoms with van der Waals surface area (Å²) in [4.78, 5) is 12.4. The Kier molecular flexibility index (Phi) is 5.53. The molecule has 0 aliphatic heterocycles. The van der Waals surface area contributed by atoms with Gasteiger partial charge in [-0.05, 0) is 18.6 Å². The summed E-state index contributed by atoms with van der Waals surface area (Å²) in [5, 5.41) is 18.6. The number of nitrogens with one attached hydrogen (secondary N) is 2. The van der Waals surface area contributed by atoms with E-state index in [9.17, 15) is 13.2 Å². The van der Waals surface area contributed by atoms with Gasteiger partial charge >= 0.3 is 0 Å². The number of carbonyl (C=O) groups excluding carboxylic acids is 1. The normalized spacial score (nSPS) is 11.2. The second-order valence-corrected chi connectivity index (χ2v) is 9.84. The van der Waals surface area contributed by atoms with Gasteiger partial charge in [0.25, 0.3) is 20.3 Å². The number of aromatic nitrogens is 4. The predicted octanol–water partition coefficient (Wildman–Crippen LogP) is 3.42. The lowest BCUT2D eigenvalue weighted by Crippen LogP contribution is -2.13. The molecule has 2 aromatic heterocycles. The minimum absolute atomic E-state index is 0.0749. The standard InChI is InChI=1S/C18H14N6O3S3/c1-11-7-5-6-10-13(11)14(25)19-16-21-23-18(29-16)30(26,27)24-17-22-20-15(28-17)12-8-3-2-4-9-12/h2-10H,1H3,(H,22,24)(H,19,21,25). The van der Waals surface area contributed by atoms with Crippen molar-refractivity contribution in [3.8, 4) is 10.6 Å². The Morgan fingerprint density at radius 2 is 1.57 bits per heavy atom. The zero-order valence-electron chi connectivity index (χ0n) is 15.4. The zero-order chi connectivity index (χ0) is 21.1. The average molecular weight is 459 g/mol. The van der Waals surface area contributed by atoms with Gasteiger partial charge in [-0.1, -0.05) is 71.2 Å². The molecule has 0 bridgehead atoms. The van der Waals surface area contributed by atoms with E-state index in [0.29, 0.717) is 10.6 Å². The SMILES string of the molecule is Cc1ccccc1C(=O)Nc1nnc(S(=O)(=O)Nc2nnc(-c3ccccc3)s2)s1. The van der Waals surface area contributed by atoms with E-state index in [4.69, 9.17) is 0 Å². The Labute approximate surface area is 179 Å². The summed E-state index contributed by atoms with van der Waals surface area (Å²) in [6.45, 7) is 1.81. The fourth-order valence-corrected chi connectivity index (χ4v) is 5.36. The summed E-state index contributed by atoms with van der Waals surface area (Å²) in [6.07, 6.45) is 0. The summed E-state index contributed by atoms with van der Waals surface area (Å²) in [6, 6.07) is 16.3. The maximum atomic E-state index is 12.6. The number of benzene rings is 2. The molecule has 30 heavy (non-hydrogen) atoms. The van der Waals surface area contributed by atoms with Gasteiger partial charge < -0.3 is 0 Å². The molecule has 0 spiro atoms. The highest BCUT2D eigenvalue weighted by Gasteiger charge is 2.23. The Morgan fingerprint density at radius 3 is 2.33 bits per heavy atom. The molecular weight excluding hydrogens is 444 g/mol. The highest BCUT2D eigenvalue weighted by molar-refractivity contribution is 7.94. The van der Waals surface area contributed by atoms with Gasteiger partial charge in [0.15, 0.2) is 0 Å². The summed E-state index contributed by atoms with van der Waals surface area (Å²) in [7, 11) is -4.02. The number of carbonyl (C=O) groups is 1. The first-order chi connectivity index (χ1) is 14.4. The topological polar surface area (TPSA) is 127 Å². The number of aryl methyl sites for hydroxylation is 1. The van der Waals surface area contributed by atoms with Crippen LogP contribution in [0.5, 0.6) is 0 Å². The minimum atomic E-state index is -4.02. The van der Waals surface area contributed by atoms with Crippen molar-refractivity contribution in [2.45, 2.75) is 11.3 Å². The number of rotatable bonds is 6. The third-order valence-corrected chi connectivity index (χ3v) is 7.48. The summed E-state index contributed by atoms with van der Waals surface area (Å²) in [5.41, 5.74) is 2.09. The number of anilines is 2. The van der Waals surface area contributed by atoms with Gasteiger partial charge in [-0.15, -0.1) is 20.4 Å². The Morgan fingerprint density at radius 1 is 0.867 bits per heavy atom. The van der Waals surface area contributed by atoms with Crippen molar-refractivity contribution in [3.05, 3.63) is 65.7 Å². The largest absolute Gasteiger partial charge is 0.296 e. The molecule has 0 saturated heterocycles. The molecule has 2 heterocycles. The van der Waals surface area contributed by atoms with Crippen LogP contribution in [0.25, 0.3) is 10.6 Å². The van der Waals surface area contributed by atoms with E-state index in [1.54, 1.807) is 25.1 Å². The predicted molar refractivity (Wildman–Crippen MR) is 115 cm³/mol. The number of hydrogen-bond donors (Lipinski definition) is 2. The fourth-order valence-electron chi connectivity index (χ4n) is 2.48. The van der Waals surface area contributed by atoms with E-state index >= 15 is 0 Å². The molecule has 0 atom stereocenters. The first-order valence-corrected chi connectivity index (χ1v) is 11.7. The van der Waals surface area contributed by atoms with Gasteiger partial charge in [-0.3, -0.25) is 14.8 Å². The van der Waals surface area contributed by atoms with Crippen molar-refractivity contribution in [2.75, 3.05) is 10.0 Å². The van der Waals surface area contributed by atoms with Crippen molar-refractivity contribution in [3.63, 3.8) is 0 Å². The number of hydrogen-bond acceptors (Lipinski definition) is 9. The van der Waals surface area contributed by atoms with Crippen LogP contribution < -0.4 is 10.0 Å². The monoisotopic (exact) mass is 458 g/mol. The van der Waals surface area contributed by atoms with Crippen LogP contribution in [0.3, 0.4) is 0 Å². The third kappa shape index (κ3) is 4.35. The Bertz CT molecular complexity index is 1300. The average Bonchev–Trinajstić information content (AvgIpc) is 3.39. The van der Waals surface area contributed by atoms with Gasteiger partial charge in [-0.2, -0.15) is 8.42 Å². The molecule has 0 radical (unpaired) electrons. The molecule has 4 rings (SSSR count). The van der Waals surface area contributed by atoms with E-state index < -0.39 is 15.9 Å². The smallest absolute Gasteiger partial charge is 0.293 e. The summed E-state index contributed by atoms with van der Waals surface area (Å²) < 4.78 is 27.2. The molecule has 2 N–H and O–H groups in total. The van der Waals surface area contributed by atoms with E-state index in [2.05, 4.69) is 30.4 Å². The fraction of sp³-hybridized carbons (Fsp3) is 0.0556. The van der Waals surface area contributed by atoms with Crippen LogP contribution in [0, 0.1) is 6.92 Å². The molecule has 0 unspecified atom stereocenters. The first kappa shape index (κ1) is 20.1. The maximum Gasteiger partial charge on any atom is 0.293 e. The molecular formula is C18H14N6O3S3. The summed E-state index contributed by atoms with van der Waals surface area (Å²) in [5.74, 6) is -0.391. The number of sulfonamides is 1. The maximum absolute atomic E-state index is 12.6. The van der Waals surface area contributed by atoms with E-state index in [-0.39, 0.29) is 14.6 Å². The molecule has 1 amide bonds. The van der Waals surface area contributed by atoms with E-state index in [1.807, 2.05) is 36.4 Å². The molecule has 12 heteroatoms. The lowest BCUT2D eigenvalue weighted by Gasteiger charge is -2.03. The molecule has 4 aromatic rings. The van der Waals surface area contributed by atoms with Crippen LogP contribution in [-0.2, 0) is 10.0 Å². The van der Waals surface area contributed by atoms with Crippen LogP contribution in [0.2, 0.25) is 0 Å². The molecule has 0 aliphatic carbocycles. The van der Waals surface area contributed by atoms with Crippen molar-refractivity contribution in [1.29, 1.82) is 0 Å². The van der Waals surface area contributed by atoms with E-state index in [1.165, 1.54) is 0 Å². The highest BCUT2D eigenvalue weighted by atomic mass is 32.2. The van der Waals surface area contributed by atoms with E-state index in [0.717, 1.165) is 33.8 Å². The Hall–Kier alpha value is -3.22. The molecule has 0 aliphatic rings. The van der Waals surface area contributed by atoms with Gasteiger partial charge in [0.1, 0.15) is 5.01 Å². The van der Waals surface area contributed by atoms with Crippen LogP contribution in [0.4, 0.5) is 10.3 Å². The number of amides is 1. The van der Waals surface area contributed by atoms with Crippen LogP contribution in [-0.4, -0.2) is 34.7 Å². The molecule has 2 aromatic carbocycles. The third-order valence-electron chi connectivity index (χ3n) is 3.91. The number of nitrogens with zero attached hydrogens (tertiary/aromatic N) is 4. The molecule has 0 saturated carbocycles. The highest BCUT2D eigenvalue weighted by Crippen LogP contribution is 2.28. The van der Waals surface area contributed by atoms with Crippen molar-refractivity contribution in [1.82, 2.24) is 20.4 Å². The van der Waals surface area contributed by atoms with Gasteiger partial charge in [0, 0.05) is 11.1 Å². The zero-order valence-corrected chi connectivity index (χ0v) is 17.9. The minimum Gasteiger partial charge on any atom is -0.296 e. The molecule has 0 fully saturated rings.